The van der Waals surface area contributed by atoms with Crippen LogP contribution in [0.1, 0.15) is 18.5 Å². The Bertz CT molecular complexity index is 575. The fourth-order valence-corrected chi connectivity index (χ4v) is 3.31. The van der Waals surface area contributed by atoms with Crippen molar-refractivity contribution in [1.82, 2.24) is 15.1 Å². The number of benzene rings is 1. The van der Waals surface area contributed by atoms with Crippen LogP contribution in [-0.4, -0.2) is 70.8 Å². The SMILES string of the molecule is CC(c1ccc(S(C)(=O)=O)cc1)N(C)CCN1CCNCC1.Cl.Cl. The molecule has 24 heavy (non-hydrogen) atoms. The van der Waals surface area contributed by atoms with E-state index < -0.39 is 9.84 Å². The summed E-state index contributed by atoms with van der Waals surface area (Å²) in [6.07, 6.45) is 1.24. The van der Waals surface area contributed by atoms with E-state index in [1.54, 1.807) is 12.1 Å². The highest BCUT2D eigenvalue weighted by Gasteiger charge is 2.15. The van der Waals surface area contributed by atoms with E-state index in [1.807, 2.05) is 12.1 Å². The van der Waals surface area contributed by atoms with Gasteiger partial charge in [-0.3, -0.25) is 9.80 Å². The number of nitrogens with zero attached hydrogens (tertiary/aromatic N) is 2. The standard InChI is InChI=1S/C16H27N3O2S.2ClH/c1-14(15-4-6-16(7-5-15)22(3,20)21)18(2)12-13-19-10-8-17-9-11-19;;/h4-7,14,17H,8-13H2,1-3H3;2*1H. The Morgan fingerprint density at radius 3 is 2.21 bits per heavy atom. The molecule has 1 heterocycles. The molecule has 8 heteroatoms. The second-order valence-electron chi connectivity index (χ2n) is 6.09. The van der Waals surface area contributed by atoms with Crippen LogP contribution in [0.5, 0.6) is 0 Å². The van der Waals surface area contributed by atoms with Gasteiger partial charge in [-0.25, -0.2) is 8.42 Å². The lowest BCUT2D eigenvalue weighted by Gasteiger charge is -2.31. The van der Waals surface area contributed by atoms with Crippen molar-refractivity contribution < 1.29 is 8.42 Å². The maximum atomic E-state index is 11.5. The topological polar surface area (TPSA) is 52.7 Å². The zero-order valence-electron chi connectivity index (χ0n) is 14.6. The van der Waals surface area contributed by atoms with E-state index in [2.05, 4.69) is 29.1 Å². The second-order valence-corrected chi connectivity index (χ2v) is 8.11. The minimum absolute atomic E-state index is 0. The third-order valence-corrected chi connectivity index (χ3v) is 5.56. The summed E-state index contributed by atoms with van der Waals surface area (Å²) in [5.41, 5.74) is 1.15. The van der Waals surface area contributed by atoms with Crippen molar-refractivity contribution >= 4 is 34.7 Å². The van der Waals surface area contributed by atoms with Gasteiger partial charge in [0.15, 0.2) is 9.84 Å². The predicted octanol–water partition coefficient (Wildman–Crippen LogP) is 1.83. The molecule has 0 aliphatic carbocycles. The fraction of sp³-hybridized carbons (Fsp3) is 0.625. The van der Waals surface area contributed by atoms with E-state index >= 15 is 0 Å². The van der Waals surface area contributed by atoms with Crippen molar-refractivity contribution in [3.8, 4) is 0 Å². The van der Waals surface area contributed by atoms with Gasteiger partial charge in [0.1, 0.15) is 0 Å². The zero-order valence-corrected chi connectivity index (χ0v) is 17.0. The molecule has 1 aliphatic rings. The van der Waals surface area contributed by atoms with E-state index in [4.69, 9.17) is 0 Å². The van der Waals surface area contributed by atoms with Gasteiger partial charge in [-0.1, -0.05) is 12.1 Å². The fourth-order valence-electron chi connectivity index (χ4n) is 2.68. The number of halogens is 2. The highest BCUT2D eigenvalue weighted by Crippen LogP contribution is 2.20. The number of hydrogen-bond donors (Lipinski definition) is 1. The Kier molecular flexibility index (Phi) is 10.4. The molecule has 1 N–H and O–H groups in total. The van der Waals surface area contributed by atoms with Crippen LogP contribution in [0, 0.1) is 0 Å². The molecule has 0 saturated carbocycles. The average Bonchev–Trinajstić information content (AvgIpc) is 2.52. The normalized spacial score (nSPS) is 17.0. The second kappa shape index (κ2) is 10.6. The van der Waals surface area contributed by atoms with E-state index in [0.717, 1.165) is 44.8 Å². The number of rotatable bonds is 6. The Balaban J connectivity index is 0.00000264. The first-order valence-electron chi connectivity index (χ1n) is 7.81. The molecule has 0 amide bonds. The van der Waals surface area contributed by atoms with Crippen molar-refractivity contribution in [3.63, 3.8) is 0 Å². The molecule has 1 fully saturated rings. The maximum Gasteiger partial charge on any atom is 0.175 e. The largest absolute Gasteiger partial charge is 0.314 e. The Morgan fingerprint density at radius 1 is 1.17 bits per heavy atom. The molecule has 140 valence electrons. The summed E-state index contributed by atoms with van der Waals surface area (Å²) in [6.45, 7) is 8.63. The van der Waals surface area contributed by atoms with Gasteiger partial charge in [-0.15, -0.1) is 24.8 Å². The molecule has 1 aromatic carbocycles. The van der Waals surface area contributed by atoms with Crippen LogP contribution < -0.4 is 5.32 Å². The van der Waals surface area contributed by atoms with Gasteiger partial charge in [0.05, 0.1) is 4.90 Å². The molecule has 0 spiro atoms. The van der Waals surface area contributed by atoms with E-state index in [0.29, 0.717) is 4.90 Å². The number of nitrogens with one attached hydrogen (secondary N) is 1. The van der Waals surface area contributed by atoms with Gasteiger partial charge in [-0.2, -0.15) is 0 Å². The van der Waals surface area contributed by atoms with Gasteiger partial charge >= 0.3 is 0 Å². The average molecular weight is 398 g/mol. The molecule has 1 atom stereocenters. The first-order valence-corrected chi connectivity index (χ1v) is 9.70. The van der Waals surface area contributed by atoms with Gasteiger partial charge < -0.3 is 5.32 Å². The van der Waals surface area contributed by atoms with Crippen LogP contribution in [0.3, 0.4) is 0 Å². The third kappa shape index (κ3) is 6.86. The molecular weight excluding hydrogens is 369 g/mol. The molecular formula is C16H29Cl2N3O2S. The zero-order chi connectivity index (χ0) is 16.2. The molecule has 2 rings (SSSR count). The Morgan fingerprint density at radius 2 is 1.71 bits per heavy atom. The number of hydrogen-bond acceptors (Lipinski definition) is 5. The summed E-state index contributed by atoms with van der Waals surface area (Å²) in [7, 11) is -0.994. The lowest BCUT2D eigenvalue weighted by molar-refractivity contribution is 0.183. The summed E-state index contributed by atoms with van der Waals surface area (Å²) >= 11 is 0. The highest BCUT2D eigenvalue weighted by molar-refractivity contribution is 7.90. The number of likely N-dealkylation sites (N-methyl/N-ethyl adjacent to an activating group) is 1. The predicted molar refractivity (Wildman–Crippen MR) is 104 cm³/mol. The minimum atomic E-state index is -3.12. The summed E-state index contributed by atoms with van der Waals surface area (Å²) in [5, 5.41) is 3.36. The van der Waals surface area contributed by atoms with Crippen LogP contribution in [0.15, 0.2) is 29.2 Å². The quantitative estimate of drug-likeness (QED) is 0.793. The first-order chi connectivity index (χ1) is 10.4. The summed E-state index contributed by atoms with van der Waals surface area (Å²) in [4.78, 5) is 5.18. The monoisotopic (exact) mass is 397 g/mol. The van der Waals surface area contributed by atoms with Crippen molar-refractivity contribution in [2.24, 2.45) is 0 Å². The number of piperazine rings is 1. The van der Waals surface area contributed by atoms with Crippen LogP contribution in [0.4, 0.5) is 0 Å². The van der Waals surface area contributed by atoms with Crippen molar-refractivity contribution in [2.75, 3.05) is 52.6 Å². The molecule has 0 aromatic heterocycles. The van der Waals surface area contributed by atoms with E-state index in [1.165, 1.54) is 6.26 Å². The molecule has 1 saturated heterocycles. The molecule has 1 aliphatic heterocycles. The molecule has 0 radical (unpaired) electrons. The number of sulfone groups is 1. The van der Waals surface area contributed by atoms with Crippen molar-refractivity contribution in [3.05, 3.63) is 29.8 Å². The van der Waals surface area contributed by atoms with Gasteiger partial charge in [0.25, 0.3) is 0 Å². The minimum Gasteiger partial charge on any atom is -0.314 e. The van der Waals surface area contributed by atoms with Crippen molar-refractivity contribution in [2.45, 2.75) is 17.9 Å². The van der Waals surface area contributed by atoms with Crippen LogP contribution in [0.25, 0.3) is 0 Å². The summed E-state index contributed by atoms with van der Waals surface area (Å²) < 4.78 is 23.0. The van der Waals surface area contributed by atoms with Crippen LogP contribution in [0.2, 0.25) is 0 Å². The van der Waals surface area contributed by atoms with Crippen molar-refractivity contribution in [1.29, 1.82) is 0 Å². The van der Waals surface area contributed by atoms with Gasteiger partial charge in [0.2, 0.25) is 0 Å². The molecule has 5 nitrogen and oxygen atoms in total. The Hall–Kier alpha value is -0.370. The summed E-state index contributed by atoms with van der Waals surface area (Å²) in [6, 6.07) is 7.51. The van der Waals surface area contributed by atoms with E-state index in [9.17, 15) is 8.42 Å². The van der Waals surface area contributed by atoms with Gasteiger partial charge in [0, 0.05) is 51.6 Å². The Labute approximate surface area is 158 Å². The lowest BCUT2D eigenvalue weighted by atomic mass is 10.1. The highest BCUT2D eigenvalue weighted by atomic mass is 35.5. The smallest absolute Gasteiger partial charge is 0.175 e. The van der Waals surface area contributed by atoms with Crippen LogP contribution in [-0.2, 0) is 9.84 Å². The maximum absolute atomic E-state index is 11.5. The lowest BCUT2D eigenvalue weighted by Crippen LogP contribution is -2.46. The molecule has 0 bridgehead atoms. The third-order valence-electron chi connectivity index (χ3n) is 4.43. The molecule has 1 aromatic rings. The first kappa shape index (κ1) is 23.6. The van der Waals surface area contributed by atoms with Crippen LogP contribution >= 0.6 is 24.8 Å². The molecule has 1 unspecified atom stereocenters. The summed E-state index contributed by atoms with van der Waals surface area (Å²) in [5.74, 6) is 0. The van der Waals surface area contributed by atoms with Gasteiger partial charge in [-0.05, 0) is 31.7 Å². The van der Waals surface area contributed by atoms with E-state index in [-0.39, 0.29) is 30.9 Å².